The molecule has 4 heteroatoms. The largest absolute Gasteiger partial charge is 0.310 e. The van der Waals surface area contributed by atoms with Gasteiger partial charge in [0.1, 0.15) is 5.82 Å². The topological polar surface area (TPSA) is 42.7 Å². The Morgan fingerprint density at radius 3 is 2.45 bits per heavy atom. The molecule has 1 N–H and O–H groups in total. The van der Waals surface area contributed by atoms with Crippen LogP contribution in [-0.2, 0) is 12.1 Å². The van der Waals surface area contributed by atoms with Gasteiger partial charge in [0, 0.05) is 18.5 Å². The summed E-state index contributed by atoms with van der Waals surface area (Å²) in [4.78, 5) is 0. The molecule has 1 heterocycles. The predicted octanol–water partition coefficient (Wildman–Crippen LogP) is 3.52. The van der Waals surface area contributed by atoms with Crippen molar-refractivity contribution in [2.45, 2.75) is 63.6 Å². The number of nitrogens with zero attached hydrogens (tertiary/aromatic N) is 3. The fourth-order valence-corrected chi connectivity index (χ4v) is 3.04. The van der Waals surface area contributed by atoms with Gasteiger partial charge in [-0.2, -0.15) is 0 Å². The summed E-state index contributed by atoms with van der Waals surface area (Å²) in [7, 11) is 0. The number of aromatic nitrogens is 3. The van der Waals surface area contributed by atoms with E-state index in [-0.39, 0.29) is 5.54 Å². The Bertz CT molecular complexity index is 651. The lowest BCUT2D eigenvalue weighted by Crippen LogP contribution is -2.38. The van der Waals surface area contributed by atoms with Crippen LogP contribution in [0.2, 0.25) is 0 Å². The lowest BCUT2D eigenvalue weighted by Gasteiger charge is -2.26. The molecular formula is C18H24N4. The van der Waals surface area contributed by atoms with E-state index in [0.29, 0.717) is 12.0 Å². The molecule has 4 rings (SSSR count). The maximum Gasteiger partial charge on any atom is 0.153 e. The molecule has 4 nitrogen and oxygen atoms in total. The standard InChI is InChI=1S/C18H24N4/c1-18(2,19-12-13-6-4-3-5-7-13)17-21-20-16(14-8-9-14)22(17)15-10-11-15/h3-7,14-15,19H,8-12H2,1-2H3. The molecule has 0 aliphatic heterocycles. The molecule has 1 aromatic heterocycles. The first kappa shape index (κ1) is 13.9. The second kappa shape index (κ2) is 5.20. The average Bonchev–Trinajstić information content (AvgIpc) is 3.45. The summed E-state index contributed by atoms with van der Waals surface area (Å²) in [6, 6.07) is 11.2. The Morgan fingerprint density at radius 2 is 1.82 bits per heavy atom. The monoisotopic (exact) mass is 296 g/mol. The molecule has 0 amide bonds. The summed E-state index contributed by atoms with van der Waals surface area (Å²) in [6.07, 6.45) is 5.12. The third kappa shape index (κ3) is 2.68. The molecule has 2 saturated carbocycles. The van der Waals surface area contributed by atoms with Crippen LogP contribution in [0.5, 0.6) is 0 Å². The van der Waals surface area contributed by atoms with Crippen molar-refractivity contribution in [3.63, 3.8) is 0 Å². The van der Waals surface area contributed by atoms with Gasteiger partial charge in [0.2, 0.25) is 0 Å². The van der Waals surface area contributed by atoms with Crippen molar-refractivity contribution in [1.29, 1.82) is 0 Å². The van der Waals surface area contributed by atoms with Crippen LogP contribution in [0.15, 0.2) is 30.3 Å². The zero-order valence-corrected chi connectivity index (χ0v) is 13.4. The second-order valence-electron chi connectivity index (χ2n) is 7.22. The number of hydrogen-bond donors (Lipinski definition) is 1. The van der Waals surface area contributed by atoms with Crippen LogP contribution < -0.4 is 5.32 Å². The summed E-state index contributed by atoms with van der Waals surface area (Å²) in [5, 5.41) is 12.8. The molecule has 0 atom stereocenters. The lowest BCUT2D eigenvalue weighted by molar-refractivity contribution is 0.359. The normalized spacial score (nSPS) is 18.6. The van der Waals surface area contributed by atoms with Crippen LogP contribution in [0.1, 0.15) is 68.7 Å². The third-order valence-corrected chi connectivity index (χ3v) is 4.71. The Labute approximate surface area is 132 Å². The molecule has 0 unspecified atom stereocenters. The van der Waals surface area contributed by atoms with E-state index >= 15 is 0 Å². The first-order valence-electron chi connectivity index (χ1n) is 8.39. The Kier molecular flexibility index (Phi) is 3.30. The Balaban J connectivity index is 1.57. The van der Waals surface area contributed by atoms with Crippen molar-refractivity contribution in [1.82, 2.24) is 20.1 Å². The molecule has 0 saturated heterocycles. The van der Waals surface area contributed by atoms with Crippen molar-refractivity contribution in [3.05, 3.63) is 47.5 Å². The lowest BCUT2D eigenvalue weighted by atomic mass is 10.0. The fraction of sp³-hybridized carbons (Fsp3) is 0.556. The van der Waals surface area contributed by atoms with Gasteiger partial charge in [-0.3, -0.25) is 0 Å². The Morgan fingerprint density at radius 1 is 1.09 bits per heavy atom. The maximum atomic E-state index is 4.57. The van der Waals surface area contributed by atoms with Gasteiger partial charge < -0.3 is 9.88 Å². The molecular weight excluding hydrogens is 272 g/mol. The smallest absolute Gasteiger partial charge is 0.153 e. The third-order valence-electron chi connectivity index (χ3n) is 4.71. The van der Waals surface area contributed by atoms with Gasteiger partial charge in [-0.25, -0.2) is 0 Å². The molecule has 2 aromatic rings. The molecule has 116 valence electrons. The first-order chi connectivity index (χ1) is 10.6. The van der Waals surface area contributed by atoms with E-state index in [4.69, 9.17) is 0 Å². The van der Waals surface area contributed by atoms with Crippen molar-refractivity contribution < 1.29 is 0 Å². The predicted molar refractivity (Wildman–Crippen MR) is 86.6 cm³/mol. The van der Waals surface area contributed by atoms with Crippen LogP contribution in [0.4, 0.5) is 0 Å². The molecule has 1 aromatic carbocycles. The Hall–Kier alpha value is -1.68. The highest BCUT2D eigenvalue weighted by molar-refractivity contribution is 5.18. The van der Waals surface area contributed by atoms with Gasteiger partial charge in [-0.1, -0.05) is 30.3 Å². The summed E-state index contributed by atoms with van der Waals surface area (Å²) in [6.45, 7) is 5.29. The maximum absolute atomic E-state index is 4.57. The summed E-state index contributed by atoms with van der Waals surface area (Å²) >= 11 is 0. The van der Waals surface area contributed by atoms with Gasteiger partial charge in [0.15, 0.2) is 5.82 Å². The van der Waals surface area contributed by atoms with Crippen LogP contribution >= 0.6 is 0 Å². The average molecular weight is 296 g/mol. The minimum absolute atomic E-state index is 0.168. The van der Waals surface area contributed by atoms with Crippen LogP contribution in [-0.4, -0.2) is 14.8 Å². The molecule has 0 spiro atoms. The molecule has 0 bridgehead atoms. The van der Waals surface area contributed by atoms with Gasteiger partial charge in [0.05, 0.1) is 5.54 Å². The van der Waals surface area contributed by atoms with E-state index < -0.39 is 0 Å². The zero-order valence-electron chi connectivity index (χ0n) is 13.4. The first-order valence-corrected chi connectivity index (χ1v) is 8.39. The van der Waals surface area contributed by atoms with E-state index in [0.717, 1.165) is 12.4 Å². The summed E-state index contributed by atoms with van der Waals surface area (Å²) in [5.41, 5.74) is 1.13. The molecule has 2 fully saturated rings. The molecule has 2 aliphatic rings. The number of nitrogens with one attached hydrogen (secondary N) is 1. The minimum Gasteiger partial charge on any atom is -0.310 e. The van der Waals surface area contributed by atoms with Gasteiger partial charge >= 0.3 is 0 Å². The highest BCUT2D eigenvalue weighted by atomic mass is 15.3. The van der Waals surface area contributed by atoms with E-state index in [1.807, 2.05) is 0 Å². The van der Waals surface area contributed by atoms with Gasteiger partial charge in [0.25, 0.3) is 0 Å². The van der Waals surface area contributed by atoms with Gasteiger partial charge in [-0.15, -0.1) is 10.2 Å². The highest BCUT2D eigenvalue weighted by Crippen LogP contribution is 2.45. The molecule has 2 aliphatic carbocycles. The summed E-state index contributed by atoms with van der Waals surface area (Å²) in [5.74, 6) is 2.99. The molecule has 0 radical (unpaired) electrons. The highest BCUT2D eigenvalue weighted by Gasteiger charge is 2.39. The fourth-order valence-electron chi connectivity index (χ4n) is 3.04. The van der Waals surface area contributed by atoms with E-state index in [1.165, 1.54) is 37.1 Å². The van der Waals surface area contributed by atoms with Crippen LogP contribution in [0.3, 0.4) is 0 Å². The van der Waals surface area contributed by atoms with Crippen molar-refractivity contribution >= 4 is 0 Å². The number of rotatable bonds is 6. The van der Waals surface area contributed by atoms with Gasteiger partial charge in [-0.05, 0) is 45.1 Å². The quantitative estimate of drug-likeness (QED) is 0.887. The van der Waals surface area contributed by atoms with Crippen LogP contribution in [0, 0.1) is 0 Å². The second-order valence-corrected chi connectivity index (χ2v) is 7.22. The van der Waals surface area contributed by atoms with Crippen LogP contribution in [0.25, 0.3) is 0 Å². The number of benzene rings is 1. The number of hydrogen-bond acceptors (Lipinski definition) is 3. The zero-order chi connectivity index (χ0) is 15.2. The van der Waals surface area contributed by atoms with Crippen molar-refractivity contribution in [2.75, 3.05) is 0 Å². The van der Waals surface area contributed by atoms with E-state index in [2.05, 4.69) is 64.3 Å². The summed E-state index contributed by atoms with van der Waals surface area (Å²) < 4.78 is 2.44. The van der Waals surface area contributed by atoms with E-state index in [9.17, 15) is 0 Å². The van der Waals surface area contributed by atoms with E-state index in [1.54, 1.807) is 0 Å². The van der Waals surface area contributed by atoms with Crippen molar-refractivity contribution in [3.8, 4) is 0 Å². The van der Waals surface area contributed by atoms with Crippen molar-refractivity contribution in [2.24, 2.45) is 0 Å². The SMILES string of the molecule is CC(C)(NCc1ccccc1)c1nnc(C2CC2)n1C1CC1. The molecule has 22 heavy (non-hydrogen) atoms. The minimum atomic E-state index is -0.168.